The van der Waals surface area contributed by atoms with Crippen LogP contribution in [0.15, 0.2) is 6.20 Å². The van der Waals surface area contributed by atoms with E-state index in [0.717, 1.165) is 48.6 Å². The molecule has 0 aliphatic heterocycles. The summed E-state index contributed by atoms with van der Waals surface area (Å²) in [6, 6.07) is 0. The number of hydrogen-bond acceptors (Lipinski definition) is 4. The van der Waals surface area contributed by atoms with Gasteiger partial charge in [-0.15, -0.1) is 11.3 Å². The van der Waals surface area contributed by atoms with Gasteiger partial charge in [0.05, 0.1) is 11.9 Å². The number of hydrogen-bond donors (Lipinski definition) is 0. The predicted molar refractivity (Wildman–Crippen MR) is 101 cm³/mol. The topological polar surface area (TPSA) is 51.0 Å². The molecule has 0 radical (unpaired) electrons. The van der Waals surface area contributed by atoms with Gasteiger partial charge in [-0.2, -0.15) is 5.10 Å². The van der Waals surface area contributed by atoms with Crippen LogP contribution in [-0.4, -0.2) is 27.7 Å². The first-order valence-corrected chi connectivity index (χ1v) is 10.2. The lowest BCUT2D eigenvalue weighted by atomic mass is 10.0. The average molecular weight is 359 g/mol. The number of anilines is 1. The number of aryl methyl sites for hydroxylation is 1. The molecule has 134 valence electrons. The van der Waals surface area contributed by atoms with E-state index >= 15 is 0 Å². The zero-order valence-electron chi connectivity index (χ0n) is 15.3. The molecule has 0 aromatic carbocycles. The summed E-state index contributed by atoms with van der Waals surface area (Å²) in [5, 5.41) is 5.43. The lowest BCUT2D eigenvalue weighted by molar-refractivity contribution is -0.121. The van der Waals surface area contributed by atoms with E-state index in [1.54, 1.807) is 16.2 Å². The van der Waals surface area contributed by atoms with Crippen molar-refractivity contribution < 1.29 is 4.79 Å². The minimum absolute atomic E-state index is 0.190. The Labute approximate surface area is 153 Å². The summed E-state index contributed by atoms with van der Waals surface area (Å²) in [4.78, 5) is 20.6. The van der Waals surface area contributed by atoms with Gasteiger partial charge in [-0.1, -0.05) is 26.7 Å². The second-order valence-corrected chi connectivity index (χ2v) is 8.79. The first-order chi connectivity index (χ1) is 12.0. The van der Waals surface area contributed by atoms with Crippen LogP contribution in [0.25, 0.3) is 11.3 Å². The molecular weight excluding hydrogens is 332 g/mol. The van der Waals surface area contributed by atoms with Crippen LogP contribution < -0.4 is 4.90 Å². The van der Waals surface area contributed by atoms with Crippen molar-refractivity contribution in [2.45, 2.75) is 58.9 Å². The van der Waals surface area contributed by atoms with E-state index in [2.05, 4.69) is 23.6 Å². The molecule has 0 bridgehead atoms. The number of carbonyl (C=O) groups excluding carboxylic acids is 1. The highest BCUT2D eigenvalue weighted by Crippen LogP contribution is 2.40. The maximum Gasteiger partial charge on any atom is 0.231 e. The molecule has 5 nitrogen and oxygen atoms in total. The average Bonchev–Trinajstić information content (AvgIpc) is 3.31. The van der Waals surface area contributed by atoms with Gasteiger partial charge in [0.25, 0.3) is 0 Å². The predicted octanol–water partition coefficient (Wildman–Crippen LogP) is 3.91. The quantitative estimate of drug-likeness (QED) is 0.832. The molecule has 0 unspecified atom stereocenters. The van der Waals surface area contributed by atoms with E-state index in [1.807, 2.05) is 13.2 Å². The van der Waals surface area contributed by atoms with Gasteiger partial charge >= 0.3 is 0 Å². The van der Waals surface area contributed by atoms with E-state index < -0.39 is 0 Å². The van der Waals surface area contributed by atoms with E-state index in [9.17, 15) is 4.79 Å². The minimum atomic E-state index is 0.190. The molecule has 0 saturated heterocycles. The lowest BCUT2D eigenvalue weighted by Gasteiger charge is -2.17. The largest absolute Gasteiger partial charge is 0.291 e. The van der Waals surface area contributed by atoms with Crippen LogP contribution in [0, 0.1) is 11.8 Å². The van der Waals surface area contributed by atoms with Gasteiger partial charge in [-0.25, -0.2) is 4.98 Å². The molecule has 1 fully saturated rings. The Morgan fingerprint density at radius 3 is 2.84 bits per heavy atom. The number of fused-ring (bicyclic) bond motifs is 3. The Kier molecular flexibility index (Phi) is 4.40. The highest BCUT2D eigenvalue weighted by Gasteiger charge is 2.30. The minimum Gasteiger partial charge on any atom is -0.291 e. The third-order valence-electron chi connectivity index (χ3n) is 5.34. The Morgan fingerprint density at radius 1 is 1.36 bits per heavy atom. The van der Waals surface area contributed by atoms with Crippen LogP contribution in [0.1, 0.15) is 50.1 Å². The van der Waals surface area contributed by atoms with Crippen molar-refractivity contribution in [2.24, 2.45) is 11.8 Å². The van der Waals surface area contributed by atoms with Crippen molar-refractivity contribution in [1.82, 2.24) is 14.8 Å². The normalized spacial score (nSPS) is 17.0. The van der Waals surface area contributed by atoms with Crippen LogP contribution in [0.3, 0.4) is 0 Å². The molecule has 0 spiro atoms. The molecule has 0 N–H and O–H groups in total. The van der Waals surface area contributed by atoms with Crippen LogP contribution in [0.2, 0.25) is 0 Å². The van der Waals surface area contributed by atoms with Crippen molar-refractivity contribution in [1.29, 1.82) is 0 Å². The highest BCUT2D eigenvalue weighted by atomic mass is 32.1. The van der Waals surface area contributed by atoms with Crippen molar-refractivity contribution in [2.75, 3.05) is 11.9 Å². The van der Waals surface area contributed by atoms with Crippen molar-refractivity contribution in [3.8, 4) is 11.3 Å². The highest BCUT2D eigenvalue weighted by molar-refractivity contribution is 7.16. The standard InChI is InChI=1S/C19H26N4OS/c1-12(2)11-23-15-8-9-16-17(14(15)10-20-23)21-19(25-16)22(3)18(24)13-6-4-5-7-13/h10,12-13H,4-9,11H2,1-3H3. The van der Waals surface area contributed by atoms with Crippen molar-refractivity contribution >= 4 is 22.4 Å². The summed E-state index contributed by atoms with van der Waals surface area (Å²) in [7, 11) is 1.88. The summed E-state index contributed by atoms with van der Waals surface area (Å²) >= 11 is 1.67. The number of thiazole rings is 1. The molecular formula is C19H26N4OS. The maximum absolute atomic E-state index is 12.7. The molecule has 1 amide bonds. The van der Waals surface area contributed by atoms with E-state index in [-0.39, 0.29) is 11.8 Å². The molecule has 2 aromatic rings. The zero-order valence-corrected chi connectivity index (χ0v) is 16.1. The Balaban J connectivity index is 1.61. The van der Waals surface area contributed by atoms with Gasteiger partial charge in [0, 0.05) is 35.6 Å². The van der Waals surface area contributed by atoms with Crippen LogP contribution in [0.5, 0.6) is 0 Å². The van der Waals surface area contributed by atoms with Crippen molar-refractivity contribution in [3.63, 3.8) is 0 Å². The Hall–Kier alpha value is -1.69. The number of carbonyl (C=O) groups is 1. The van der Waals surface area contributed by atoms with Crippen LogP contribution >= 0.6 is 11.3 Å². The summed E-state index contributed by atoms with van der Waals surface area (Å²) in [6.07, 6.45) is 8.37. The maximum atomic E-state index is 12.7. The fourth-order valence-corrected chi connectivity index (χ4v) is 5.05. The molecule has 4 rings (SSSR count). The zero-order chi connectivity index (χ0) is 17.6. The van der Waals surface area contributed by atoms with Gasteiger partial charge in [0.2, 0.25) is 5.91 Å². The molecule has 2 aliphatic rings. The number of aromatic nitrogens is 3. The molecule has 0 atom stereocenters. The Morgan fingerprint density at radius 2 is 2.12 bits per heavy atom. The second-order valence-electron chi connectivity index (χ2n) is 7.73. The molecule has 2 heterocycles. The van der Waals surface area contributed by atoms with Crippen LogP contribution in [-0.2, 0) is 24.2 Å². The molecule has 6 heteroatoms. The first kappa shape index (κ1) is 16.8. The number of nitrogens with zero attached hydrogens (tertiary/aromatic N) is 4. The molecule has 25 heavy (non-hydrogen) atoms. The molecule has 2 aliphatic carbocycles. The van der Waals surface area contributed by atoms with E-state index in [0.29, 0.717) is 5.92 Å². The van der Waals surface area contributed by atoms with Gasteiger partial charge in [0.1, 0.15) is 0 Å². The van der Waals surface area contributed by atoms with E-state index in [1.165, 1.54) is 23.4 Å². The third-order valence-corrected chi connectivity index (χ3v) is 6.53. The summed E-state index contributed by atoms with van der Waals surface area (Å²) in [5.74, 6) is 1.00. The smallest absolute Gasteiger partial charge is 0.231 e. The SMILES string of the molecule is CC(C)Cn1ncc2c1CCc1sc(N(C)C(=O)C3CCCC3)nc1-2. The Bertz CT molecular complexity index is 785. The number of amides is 1. The number of rotatable bonds is 4. The van der Waals surface area contributed by atoms with Crippen LogP contribution in [0.4, 0.5) is 5.13 Å². The lowest BCUT2D eigenvalue weighted by Crippen LogP contribution is -2.31. The van der Waals surface area contributed by atoms with Gasteiger partial charge in [-0.05, 0) is 31.6 Å². The van der Waals surface area contributed by atoms with Gasteiger partial charge < -0.3 is 0 Å². The monoisotopic (exact) mass is 358 g/mol. The summed E-state index contributed by atoms with van der Waals surface area (Å²) in [6.45, 7) is 5.38. The van der Waals surface area contributed by atoms with Gasteiger partial charge in [0.15, 0.2) is 5.13 Å². The fourth-order valence-electron chi connectivity index (χ4n) is 4.01. The first-order valence-electron chi connectivity index (χ1n) is 9.37. The van der Waals surface area contributed by atoms with Gasteiger partial charge in [-0.3, -0.25) is 14.4 Å². The van der Waals surface area contributed by atoms with Crippen molar-refractivity contribution in [3.05, 3.63) is 16.8 Å². The molecule has 2 aromatic heterocycles. The molecule has 1 saturated carbocycles. The van der Waals surface area contributed by atoms with E-state index in [4.69, 9.17) is 4.98 Å². The fraction of sp³-hybridized carbons (Fsp3) is 0.632. The summed E-state index contributed by atoms with van der Waals surface area (Å²) in [5.41, 5.74) is 3.50. The summed E-state index contributed by atoms with van der Waals surface area (Å²) < 4.78 is 2.13. The second kappa shape index (κ2) is 6.56. The third kappa shape index (κ3) is 3.01.